The minimum Gasteiger partial charge on any atom is -0.368 e. The molecule has 1 aromatic rings. The van der Waals surface area contributed by atoms with E-state index in [9.17, 15) is 4.79 Å². The molecule has 3 heteroatoms. The van der Waals surface area contributed by atoms with E-state index in [1.807, 2.05) is 0 Å². The maximum Gasteiger partial charge on any atom is 0.249 e. The highest BCUT2D eigenvalue weighted by molar-refractivity contribution is 5.80. The number of benzene rings is 1. The Bertz CT molecular complexity index is 462. The molecule has 1 heterocycles. The Balaban J connectivity index is 1.87. The molecule has 1 fully saturated rings. The molecule has 1 aliphatic rings. The lowest BCUT2D eigenvalue weighted by atomic mass is 9.96. The van der Waals surface area contributed by atoms with Crippen molar-refractivity contribution in [1.82, 2.24) is 5.32 Å². The molecular weight excluding hydrogens is 250 g/mol. The second kappa shape index (κ2) is 6.89. The van der Waals surface area contributed by atoms with Crippen molar-refractivity contribution in [3.05, 3.63) is 34.9 Å². The molecule has 0 aromatic heterocycles. The second-order valence-corrected chi connectivity index (χ2v) is 5.88. The van der Waals surface area contributed by atoms with Gasteiger partial charge in [0.25, 0.3) is 0 Å². The molecule has 1 unspecified atom stereocenters. The number of nitrogens with one attached hydrogen (secondary N) is 1. The Labute approximate surface area is 121 Å². The lowest BCUT2D eigenvalue weighted by Gasteiger charge is -2.13. The van der Waals surface area contributed by atoms with Crippen LogP contribution in [0.4, 0.5) is 0 Å². The van der Waals surface area contributed by atoms with Gasteiger partial charge in [0, 0.05) is 13.2 Å². The number of hydrogen-bond donors (Lipinski definition) is 1. The van der Waals surface area contributed by atoms with E-state index >= 15 is 0 Å². The number of aryl methyl sites for hydroxylation is 1. The lowest BCUT2D eigenvalue weighted by molar-refractivity contribution is -0.129. The molecular formula is C17H25NO2. The Morgan fingerprint density at radius 1 is 1.45 bits per heavy atom. The number of rotatable bonds is 5. The summed E-state index contributed by atoms with van der Waals surface area (Å²) in [6.07, 6.45) is 2.50. The van der Waals surface area contributed by atoms with E-state index in [0.29, 0.717) is 19.1 Å². The normalized spacial score (nSPS) is 18.5. The second-order valence-electron chi connectivity index (χ2n) is 5.88. The summed E-state index contributed by atoms with van der Waals surface area (Å²) in [6, 6.07) is 6.62. The Morgan fingerprint density at radius 3 is 2.90 bits per heavy atom. The van der Waals surface area contributed by atoms with E-state index in [0.717, 1.165) is 19.3 Å². The molecule has 1 amide bonds. The zero-order chi connectivity index (χ0) is 14.5. The Hall–Kier alpha value is -1.35. The van der Waals surface area contributed by atoms with Gasteiger partial charge in [-0.15, -0.1) is 0 Å². The highest BCUT2D eigenvalue weighted by atomic mass is 16.5. The van der Waals surface area contributed by atoms with E-state index in [1.54, 1.807) is 0 Å². The van der Waals surface area contributed by atoms with Crippen LogP contribution < -0.4 is 5.32 Å². The molecule has 110 valence electrons. The van der Waals surface area contributed by atoms with Gasteiger partial charge in [0.1, 0.15) is 6.10 Å². The van der Waals surface area contributed by atoms with Gasteiger partial charge in [0.15, 0.2) is 0 Å². The number of carbonyl (C=O) groups excluding carboxylic acids is 1. The van der Waals surface area contributed by atoms with Crippen LogP contribution in [0.3, 0.4) is 0 Å². The summed E-state index contributed by atoms with van der Waals surface area (Å²) in [5.74, 6) is 0.580. The summed E-state index contributed by atoms with van der Waals surface area (Å²) in [5.41, 5.74) is 3.97. The average molecular weight is 275 g/mol. The van der Waals surface area contributed by atoms with Gasteiger partial charge in [0.05, 0.1) is 0 Å². The third-order valence-electron chi connectivity index (χ3n) is 3.96. The largest absolute Gasteiger partial charge is 0.368 e. The van der Waals surface area contributed by atoms with Crippen LogP contribution in [0.1, 0.15) is 49.3 Å². The first-order chi connectivity index (χ1) is 9.58. The summed E-state index contributed by atoms with van der Waals surface area (Å²) in [4.78, 5) is 11.9. The first-order valence-corrected chi connectivity index (χ1v) is 7.56. The minimum atomic E-state index is -0.224. The molecule has 0 radical (unpaired) electrons. The molecule has 0 saturated carbocycles. The van der Waals surface area contributed by atoms with E-state index < -0.39 is 0 Å². The van der Waals surface area contributed by atoms with Crippen molar-refractivity contribution in [1.29, 1.82) is 0 Å². The van der Waals surface area contributed by atoms with Gasteiger partial charge in [-0.1, -0.05) is 32.0 Å². The van der Waals surface area contributed by atoms with Crippen LogP contribution in [0.15, 0.2) is 18.2 Å². The van der Waals surface area contributed by atoms with Crippen molar-refractivity contribution in [2.75, 3.05) is 13.2 Å². The summed E-state index contributed by atoms with van der Waals surface area (Å²) < 4.78 is 5.38. The van der Waals surface area contributed by atoms with E-state index in [1.165, 1.54) is 16.7 Å². The fourth-order valence-electron chi connectivity index (χ4n) is 2.54. The van der Waals surface area contributed by atoms with Gasteiger partial charge in [-0.3, -0.25) is 4.79 Å². The van der Waals surface area contributed by atoms with Crippen molar-refractivity contribution in [3.63, 3.8) is 0 Å². The third-order valence-corrected chi connectivity index (χ3v) is 3.96. The zero-order valence-electron chi connectivity index (χ0n) is 12.7. The van der Waals surface area contributed by atoms with Crippen molar-refractivity contribution in [2.45, 2.75) is 52.1 Å². The fraction of sp³-hybridized carbons (Fsp3) is 0.588. The summed E-state index contributed by atoms with van der Waals surface area (Å²) in [6.45, 7) is 7.93. The molecule has 3 nitrogen and oxygen atoms in total. The van der Waals surface area contributed by atoms with Crippen molar-refractivity contribution in [3.8, 4) is 0 Å². The molecule has 0 spiro atoms. The van der Waals surface area contributed by atoms with Crippen LogP contribution in [0.2, 0.25) is 0 Å². The van der Waals surface area contributed by atoms with Gasteiger partial charge < -0.3 is 10.1 Å². The van der Waals surface area contributed by atoms with Crippen LogP contribution in [0.25, 0.3) is 0 Å². The Morgan fingerprint density at radius 2 is 2.25 bits per heavy atom. The number of hydrogen-bond acceptors (Lipinski definition) is 2. The van der Waals surface area contributed by atoms with Crippen molar-refractivity contribution < 1.29 is 9.53 Å². The number of carbonyl (C=O) groups is 1. The van der Waals surface area contributed by atoms with Gasteiger partial charge in [0.2, 0.25) is 5.91 Å². The molecule has 1 saturated heterocycles. The molecule has 0 bridgehead atoms. The van der Waals surface area contributed by atoms with Crippen LogP contribution in [0.5, 0.6) is 0 Å². The lowest BCUT2D eigenvalue weighted by Crippen LogP contribution is -2.35. The predicted octanol–water partition coefficient (Wildman–Crippen LogP) is 2.96. The maximum absolute atomic E-state index is 11.9. The highest BCUT2D eigenvalue weighted by Gasteiger charge is 2.22. The first kappa shape index (κ1) is 15.0. The molecule has 1 aromatic carbocycles. The summed E-state index contributed by atoms with van der Waals surface area (Å²) in [7, 11) is 0. The topological polar surface area (TPSA) is 38.3 Å². The van der Waals surface area contributed by atoms with Crippen LogP contribution in [0, 0.1) is 6.92 Å². The summed E-state index contributed by atoms with van der Waals surface area (Å²) >= 11 is 0. The summed E-state index contributed by atoms with van der Waals surface area (Å²) in [5, 5.41) is 2.99. The van der Waals surface area contributed by atoms with Crippen LogP contribution in [-0.4, -0.2) is 25.2 Å². The monoisotopic (exact) mass is 275 g/mol. The van der Waals surface area contributed by atoms with Crippen molar-refractivity contribution >= 4 is 5.91 Å². The van der Waals surface area contributed by atoms with E-state index in [-0.39, 0.29) is 12.0 Å². The first-order valence-electron chi connectivity index (χ1n) is 7.56. The Kier molecular flexibility index (Phi) is 5.18. The van der Waals surface area contributed by atoms with Gasteiger partial charge >= 0.3 is 0 Å². The maximum atomic E-state index is 11.9. The molecule has 1 N–H and O–H groups in total. The highest BCUT2D eigenvalue weighted by Crippen LogP contribution is 2.19. The van der Waals surface area contributed by atoms with Gasteiger partial charge in [-0.25, -0.2) is 0 Å². The van der Waals surface area contributed by atoms with E-state index in [2.05, 4.69) is 44.3 Å². The van der Waals surface area contributed by atoms with E-state index in [4.69, 9.17) is 4.74 Å². The van der Waals surface area contributed by atoms with Crippen LogP contribution in [-0.2, 0) is 16.0 Å². The quantitative estimate of drug-likeness (QED) is 0.897. The molecule has 2 rings (SSSR count). The SMILES string of the molecule is Cc1ccc(C(C)C)cc1CCNC(=O)C1CCCO1. The average Bonchev–Trinajstić information content (AvgIpc) is 2.94. The third kappa shape index (κ3) is 3.83. The smallest absolute Gasteiger partial charge is 0.249 e. The molecule has 1 aliphatic heterocycles. The van der Waals surface area contributed by atoms with Crippen LogP contribution >= 0.6 is 0 Å². The fourth-order valence-corrected chi connectivity index (χ4v) is 2.54. The minimum absolute atomic E-state index is 0.0418. The molecule has 20 heavy (non-hydrogen) atoms. The molecule has 0 aliphatic carbocycles. The number of amides is 1. The predicted molar refractivity (Wildman–Crippen MR) is 81.0 cm³/mol. The van der Waals surface area contributed by atoms with Gasteiger partial charge in [-0.05, 0) is 48.8 Å². The van der Waals surface area contributed by atoms with Crippen molar-refractivity contribution in [2.24, 2.45) is 0 Å². The van der Waals surface area contributed by atoms with Gasteiger partial charge in [-0.2, -0.15) is 0 Å². The number of ether oxygens (including phenoxy) is 1. The zero-order valence-corrected chi connectivity index (χ0v) is 12.7. The molecule has 1 atom stereocenters. The standard InChI is InChI=1S/C17H25NO2/c1-12(2)14-7-6-13(3)15(11-14)8-9-18-17(19)16-5-4-10-20-16/h6-7,11-12,16H,4-5,8-10H2,1-3H3,(H,18,19).